The van der Waals surface area contributed by atoms with E-state index in [0.717, 1.165) is 22.1 Å². The van der Waals surface area contributed by atoms with Crippen LogP contribution in [0.1, 0.15) is 23.1 Å². The molecule has 2 heterocycles. The van der Waals surface area contributed by atoms with Gasteiger partial charge in [0.15, 0.2) is 6.23 Å². The molecule has 2 aliphatic rings. The number of aliphatic hydroxyl groups is 1. The molecule has 11 heteroatoms. The predicted molar refractivity (Wildman–Crippen MR) is 155 cm³/mol. The fraction of sp³-hybridized carbons (Fsp3) is 0.273. The molecule has 44 heavy (non-hydrogen) atoms. The lowest BCUT2D eigenvalue weighted by molar-refractivity contribution is -0.189. The number of β-lactam (4-membered cyclic amide) rings is 1. The summed E-state index contributed by atoms with van der Waals surface area (Å²) in [5.41, 5.74) is -0.137. The molecule has 0 aromatic heterocycles. The van der Waals surface area contributed by atoms with Gasteiger partial charge in [0.05, 0.1) is 13.0 Å². The molecule has 0 bridgehead atoms. The maximum Gasteiger partial charge on any atom is 0.353 e. The zero-order valence-electron chi connectivity index (χ0n) is 23.7. The Kier molecular flexibility index (Phi) is 9.37. The number of ether oxygens (including phenoxy) is 3. The third-order valence-corrected chi connectivity index (χ3v) is 7.51. The molecule has 11 nitrogen and oxygen atoms in total. The van der Waals surface area contributed by atoms with Crippen LogP contribution < -0.4 is 5.32 Å². The van der Waals surface area contributed by atoms with Crippen molar-refractivity contribution in [1.29, 1.82) is 0 Å². The van der Waals surface area contributed by atoms with Crippen molar-refractivity contribution >= 4 is 23.8 Å². The number of carboxylic acids is 1. The lowest BCUT2D eigenvalue weighted by Gasteiger charge is -2.46. The molecule has 0 aliphatic carbocycles. The molecule has 2 fully saturated rings. The summed E-state index contributed by atoms with van der Waals surface area (Å²) < 4.78 is 16.8. The summed E-state index contributed by atoms with van der Waals surface area (Å²) in [6.45, 7) is -0.647. The number of aliphatic hydroxyl groups excluding tert-OH is 1. The second-order valence-electron chi connectivity index (χ2n) is 10.4. The molecule has 2 aliphatic heterocycles. The number of rotatable bonds is 13. The number of carboxylic acid groups (broad SMARTS) is 1. The van der Waals surface area contributed by atoms with Crippen molar-refractivity contribution in [1.82, 2.24) is 10.2 Å². The fourth-order valence-electron chi connectivity index (χ4n) is 5.33. The molecule has 2 saturated heterocycles. The van der Waals surface area contributed by atoms with Gasteiger partial charge in [0.1, 0.15) is 30.9 Å². The Bertz CT molecular complexity index is 1510. The maximum absolute atomic E-state index is 13.5. The average Bonchev–Trinajstić information content (AvgIpc) is 3.33. The third-order valence-electron chi connectivity index (χ3n) is 7.51. The quantitative estimate of drug-likeness (QED) is 0.197. The molecular weight excluding hydrogens is 568 g/mol. The van der Waals surface area contributed by atoms with Crippen molar-refractivity contribution in [2.75, 3.05) is 6.61 Å². The van der Waals surface area contributed by atoms with Gasteiger partial charge < -0.3 is 24.4 Å². The SMILES string of the molecule is O=C(CC1C(=O)N2[C@@H]1O/C(=C\CO)[C@]2(NC(Cc1ccccc1)C(=O)OCc1ccccc1)C(=O)O)OCc1ccccc1. The van der Waals surface area contributed by atoms with Crippen molar-refractivity contribution in [3.8, 4) is 0 Å². The summed E-state index contributed by atoms with van der Waals surface area (Å²) in [5, 5.41) is 23.2. The van der Waals surface area contributed by atoms with Crippen LogP contribution in [0.3, 0.4) is 0 Å². The van der Waals surface area contributed by atoms with Crippen molar-refractivity contribution in [2.24, 2.45) is 5.92 Å². The maximum atomic E-state index is 13.5. The largest absolute Gasteiger partial charge is 0.478 e. The van der Waals surface area contributed by atoms with E-state index in [1.54, 1.807) is 78.9 Å². The number of amides is 1. The molecule has 228 valence electrons. The van der Waals surface area contributed by atoms with E-state index in [1.807, 2.05) is 12.1 Å². The van der Waals surface area contributed by atoms with E-state index >= 15 is 0 Å². The molecule has 5 rings (SSSR count). The average molecular weight is 601 g/mol. The smallest absolute Gasteiger partial charge is 0.353 e. The highest BCUT2D eigenvalue weighted by Gasteiger charge is 2.70. The number of fused-ring (bicyclic) bond motifs is 1. The predicted octanol–water partition coefficient (Wildman–Crippen LogP) is 2.54. The Morgan fingerprint density at radius 3 is 1.98 bits per heavy atom. The second kappa shape index (κ2) is 13.5. The molecule has 1 amide bonds. The number of benzene rings is 3. The van der Waals surface area contributed by atoms with Crippen LogP contribution in [0.5, 0.6) is 0 Å². The number of nitrogens with one attached hydrogen (secondary N) is 1. The highest BCUT2D eigenvalue weighted by atomic mass is 16.6. The highest BCUT2D eigenvalue weighted by molar-refractivity contribution is 5.97. The second-order valence-corrected chi connectivity index (χ2v) is 10.4. The molecule has 3 aromatic rings. The summed E-state index contributed by atoms with van der Waals surface area (Å²) in [4.78, 5) is 53.5. The van der Waals surface area contributed by atoms with E-state index in [4.69, 9.17) is 14.2 Å². The van der Waals surface area contributed by atoms with Crippen molar-refractivity contribution in [2.45, 2.75) is 44.0 Å². The molecule has 0 radical (unpaired) electrons. The number of esters is 2. The Morgan fingerprint density at radius 1 is 0.886 bits per heavy atom. The normalized spacial score (nSPS) is 22.0. The summed E-state index contributed by atoms with van der Waals surface area (Å²) in [6, 6.07) is 25.7. The Morgan fingerprint density at radius 2 is 1.43 bits per heavy atom. The van der Waals surface area contributed by atoms with Gasteiger partial charge in [-0.2, -0.15) is 0 Å². The van der Waals surface area contributed by atoms with Gasteiger partial charge in [-0.1, -0.05) is 91.0 Å². The fourth-order valence-corrected chi connectivity index (χ4v) is 5.33. The first kappa shape index (κ1) is 30.5. The first-order valence-corrected chi connectivity index (χ1v) is 14.1. The van der Waals surface area contributed by atoms with Crippen LogP contribution in [-0.2, 0) is 53.0 Å². The van der Waals surface area contributed by atoms with E-state index in [9.17, 15) is 29.4 Å². The Balaban J connectivity index is 1.37. The van der Waals surface area contributed by atoms with Gasteiger partial charge >= 0.3 is 17.9 Å². The van der Waals surface area contributed by atoms with E-state index in [-0.39, 0.29) is 31.8 Å². The van der Waals surface area contributed by atoms with Crippen LogP contribution in [0.2, 0.25) is 0 Å². The number of hydrogen-bond donors (Lipinski definition) is 3. The van der Waals surface area contributed by atoms with Gasteiger partial charge in [-0.25, -0.2) is 4.79 Å². The van der Waals surface area contributed by atoms with Crippen LogP contribution in [0.25, 0.3) is 0 Å². The van der Waals surface area contributed by atoms with Gasteiger partial charge in [0.25, 0.3) is 5.66 Å². The van der Waals surface area contributed by atoms with Crippen LogP contribution in [0.15, 0.2) is 103 Å². The Hall–Kier alpha value is -5.00. The first-order valence-electron chi connectivity index (χ1n) is 14.1. The zero-order valence-corrected chi connectivity index (χ0v) is 23.7. The van der Waals surface area contributed by atoms with Gasteiger partial charge in [0, 0.05) is 0 Å². The van der Waals surface area contributed by atoms with Gasteiger partial charge in [-0.15, -0.1) is 0 Å². The molecule has 0 saturated carbocycles. The zero-order chi connectivity index (χ0) is 31.1. The molecule has 3 aromatic carbocycles. The van der Waals surface area contributed by atoms with Crippen molar-refractivity contribution in [3.05, 3.63) is 120 Å². The molecule has 0 spiro atoms. The van der Waals surface area contributed by atoms with Crippen LogP contribution in [-0.4, -0.2) is 63.5 Å². The lowest BCUT2D eigenvalue weighted by Crippen LogP contribution is -2.74. The summed E-state index contributed by atoms with van der Waals surface area (Å²) in [6.07, 6.45) is -0.350. The highest BCUT2D eigenvalue weighted by Crippen LogP contribution is 2.47. The van der Waals surface area contributed by atoms with Gasteiger partial charge in [0.2, 0.25) is 5.91 Å². The van der Waals surface area contributed by atoms with E-state index in [1.165, 1.54) is 0 Å². The first-order chi connectivity index (χ1) is 21.3. The van der Waals surface area contributed by atoms with Crippen molar-refractivity contribution < 1.29 is 43.6 Å². The number of carbonyl (C=O) groups excluding carboxylic acids is 3. The van der Waals surface area contributed by atoms with Crippen molar-refractivity contribution in [3.63, 3.8) is 0 Å². The van der Waals surface area contributed by atoms with E-state index in [0.29, 0.717) is 5.56 Å². The summed E-state index contributed by atoms with van der Waals surface area (Å²) in [7, 11) is 0. The van der Waals surface area contributed by atoms with Crippen LogP contribution in [0, 0.1) is 5.92 Å². The molecule has 3 N–H and O–H groups in total. The van der Waals surface area contributed by atoms with E-state index < -0.39 is 54.3 Å². The summed E-state index contributed by atoms with van der Waals surface area (Å²) >= 11 is 0. The minimum absolute atomic E-state index is 0.0123. The van der Waals surface area contributed by atoms with Gasteiger partial charge in [-0.3, -0.25) is 24.6 Å². The number of aliphatic carboxylic acids is 1. The monoisotopic (exact) mass is 600 g/mol. The number of hydrogen-bond acceptors (Lipinski definition) is 9. The minimum Gasteiger partial charge on any atom is -0.478 e. The summed E-state index contributed by atoms with van der Waals surface area (Å²) in [5.74, 6) is -4.93. The Labute approximate surface area is 253 Å². The molecular formula is C33H32N2O9. The lowest BCUT2D eigenvalue weighted by atomic mass is 9.88. The van der Waals surface area contributed by atoms with E-state index in [2.05, 4.69) is 5.32 Å². The molecule has 2 unspecified atom stereocenters. The topological polar surface area (TPSA) is 152 Å². The standard InChI is InChI=1S/C33H32N2O9/c36-17-16-27-33(32(40)41,35-29(38)25(30(35)44-27)19-28(37)42-20-23-12-6-2-7-13-23)34-26(18-22-10-4-1-5-11-22)31(39)43-21-24-14-8-3-9-15-24/h1-16,25-26,30,34,36H,17-21H2,(H,40,41)/b27-16-/t25?,26?,30-,33-/m1/s1. The van der Waals surface area contributed by atoms with Crippen LogP contribution >= 0.6 is 0 Å². The minimum atomic E-state index is -2.35. The van der Waals surface area contributed by atoms with Crippen LogP contribution in [0.4, 0.5) is 0 Å². The third kappa shape index (κ3) is 6.34. The molecule has 4 atom stereocenters. The van der Waals surface area contributed by atoms with Gasteiger partial charge in [-0.05, 0) is 29.2 Å². The number of nitrogens with zero attached hydrogens (tertiary/aromatic N) is 1. The number of carbonyl (C=O) groups is 4.